The zero-order chi connectivity index (χ0) is 8.43. The fraction of sp³-hybridized carbons (Fsp3) is 0.889. The first kappa shape index (κ1) is 8.55. The lowest BCUT2D eigenvalue weighted by Gasteiger charge is -2.19. The second-order valence-electron chi connectivity index (χ2n) is 3.76. The van der Waals surface area contributed by atoms with Crippen molar-refractivity contribution in [3.63, 3.8) is 0 Å². The molecule has 2 heteroatoms. The molecular weight excluding hydrogens is 136 g/mol. The van der Waals surface area contributed by atoms with E-state index in [0.29, 0.717) is 12.0 Å². The molecule has 1 fully saturated rings. The molecular formula is C9H16N2. The average Bonchev–Trinajstić information content (AvgIpc) is 2.31. The first-order valence-electron chi connectivity index (χ1n) is 4.28. The minimum Gasteiger partial charge on any atom is -0.299 e. The Labute approximate surface area is 68.8 Å². The Kier molecular flexibility index (Phi) is 2.51. The summed E-state index contributed by atoms with van der Waals surface area (Å²) in [5.74, 6) is 0.819. The summed E-state index contributed by atoms with van der Waals surface area (Å²) in [5.41, 5.74) is 0. The average molecular weight is 152 g/mol. The highest BCUT2D eigenvalue weighted by Crippen LogP contribution is 2.23. The van der Waals surface area contributed by atoms with Gasteiger partial charge in [0.05, 0.1) is 12.0 Å². The van der Waals surface area contributed by atoms with Gasteiger partial charge in [0, 0.05) is 19.1 Å². The van der Waals surface area contributed by atoms with Crippen LogP contribution in [0.3, 0.4) is 0 Å². The third kappa shape index (κ3) is 1.72. The summed E-state index contributed by atoms with van der Waals surface area (Å²) in [7, 11) is 0. The van der Waals surface area contributed by atoms with E-state index in [1.54, 1.807) is 0 Å². The zero-order valence-corrected chi connectivity index (χ0v) is 7.54. The lowest BCUT2D eigenvalue weighted by atomic mass is 10.0. The van der Waals surface area contributed by atoms with E-state index in [4.69, 9.17) is 5.26 Å². The molecule has 1 aliphatic rings. The summed E-state index contributed by atoms with van der Waals surface area (Å²) in [5, 5.41) is 8.76. The van der Waals surface area contributed by atoms with Gasteiger partial charge in [0.2, 0.25) is 0 Å². The molecule has 0 aromatic heterocycles. The Morgan fingerprint density at radius 3 is 2.36 bits per heavy atom. The van der Waals surface area contributed by atoms with Gasteiger partial charge in [-0.3, -0.25) is 4.90 Å². The first-order valence-corrected chi connectivity index (χ1v) is 4.28. The Morgan fingerprint density at radius 2 is 2.09 bits per heavy atom. The van der Waals surface area contributed by atoms with E-state index >= 15 is 0 Å². The van der Waals surface area contributed by atoms with Gasteiger partial charge < -0.3 is 0 Å². The molecule has 1 aliphatic heterocycles. The molecule has 0 aromatic carbocycles. The monoisotopic (exact) mass is 152 g/mol. The van der Waals surface area contributed by atoms with Gasteiger partial charge in [-0.05, 0) is 19.8 Å². The predicted molar refractivity (Wildman–Crippen MR) is 45.0 cm³/mol. The second kappa shape index (κ2) is 3.23. The van der Waals surface area contributed by atoms with Crippen molar-refractivity contribution in [2.75, 3.05) is 13.1 Å². The van der Waals surface area contributed by atoms with Gasteiger partial charge in [-0.15, -0.1) is 0 Å². The van der Waals surface area contributed by atoms with E-state index in [2.05, 4.69) is 31.7 Å². The molecule has 0 bridgehead atoms. The molecule has 0 amide bonds. The SMILES string of the molecule is CC(C)N1C[C@H](C)[C@@H](C#N)C1. The van der Waals surface area contributed by atoms with Gasteiger partial charge in [0.1, 0.15) is 0 Å². The van der Waals surface area contributed by atoms with Crippen molar-refractivity contribution in [1.29, 1.82) is 5.26 Å². The third-order valence-corrected chi connectivity index (χ3v) is 2.54. The molecule has 0 spiro atoms. The molecule has 0 radical (unpaired) electrons. The molecule has 1 rings (SSSR count). The molecule has 11 heavy (non-hydrogen) atoms. The molecule has 0 N–H and O–H groups in total. The molecule has 0 aromatic rings. The summed E-state index contributed by atoms with van der Waals surface area (Å²) in [4.78, 5) is 2.37. The highest BCUT2D eigenvalue weighted by molar-refractivity contribution is 4.95. The number of likely N-dealkylation sites (tertiary alicyclic amines) is 1. The maximum Gasteiger partial charge on any atom is 0.0672 e. The van der Waals surface area contributed by atoms with Crippen molar-refractivity contribution in [2.24, 2.45) is 11.8 Å². The van der Waals surface area contributed by atoms with Crippen LogP contribution in [0.5, 0.6) is 0 Å². The van der Waals surface area contributed by atoms with Crippen LogP contribution in [0.2, 0.25) is 0 Å². The van der Waals surface area contributed by atoms with E-state index in [9.17, 15) is 0 Å². The van der Waals surface area contributed by atoms with E-state index in [1.165, 1.54) is 0 Å². The lowest BCUT2D eigenvalue weighted by Crippen LogP contribution is -2.28. The Bertz CT molecular complexity index is 169. The van der Waals surface area contributed by atoms with Crippen molar-refractivity contribution in [3.05, 3.63) is 0 Å². The van der Waals surface area contributed by atoms with Gasteiger partial charge in [0.25, 0.3) is 0 Å². The van der Waals surface area contributed by atoms with Crippen LogP contribution < -0.4 is 0 Å². The maximum absolute atomic E-state index is 8.76. The maximum atomic E-state index is 8.76. The summed E-state index contributed by atoms with van der Waals surface area (Å²) in [6, 6.07) is 2.95. The lowest BCUT2D eigenvalue weighted by molar-refractivity contribution is 0.265. The summed E-state index contributed by atoms with van der Waals surface area (Å²) < 4.78 is 0. The summed E-state index contributed by atoms with van der Waals surface area (Å²) in [6.45, 7) is 8.60. The quantitative estimate of drug-likeness (QED) is 0.569. The van der Waals surface area contributed by atoms with E-state index in [1.807, 2.05) is 0 Å². The van der Waals surface area contributed by atoms with Crippen LogP contribution >= 0.6 is 0 Å². The highest BCUT2D eigenvalue weighted by Gasteiger charge is 2.30. The van der Waals surface area contributed by atoms with Gasteiger partial charge in [0.15, 0.2) is 0 Å². The number of hydrogen-bond donors (Lipinski definition) is 0. The Balaban J connectivity index is 2.51. The van der Waals surface area contributed by atoms with Crippen LogP contribution in [-0.2, 0) is 0 Å². The van der Waals surface area contributed by atoms with Gasteiger partial charge in [-0.25, -0.2) is 0 Å². The molecule has 1 saturated heterocycles. The normalized spacial score (nSPS) is 32.6. The molecule has 2 atom stereocenters. The second-order valence-corrected chi connectivity index (χ2v) is 3.76. The third-order valence-electron chi connectivity index (χ3n) is 2.54. The Hall–Kier alpha value is -0.550. The van der Waals surface area contributed by atoms with Crippen molar-refractivity contribution in [1.82, 2.24) is 4.90 Å². The first-order chi connectivity index (χ1) is 5.15. The van der Waals surface area contributed by atoms with Crippen molar-refractivity contribution in [2.45, 2.75) is 26.8 Å². The summed E-state index contributed by atoms with van der Waals surface area (Å²) >= 11 is 0. The Morgan fingerprint density at radius 1 is 1.45 bits per heavy atom. The van der Waals surface area contributed by atoms with Crippen LogP contribution in [-0.4, -0.2) is 24.0 Å². The standard InChI is InChI=1S/C9H16N2/c1-7(2)11-5-8(3)9(4-10)6-11/h7-9H,5-6H2,1-3H3/t8-,9-/m0/s1. The van der Waals surface area contributed by atoms with Gasteiger partial charge in [-0.2, -0.15) is 5.26 Å². The number of nitriles is 1. The smallest absolute Gasteiger partial charge is 0.0672 e. The number of rotatable bonds is 1. The minimum absolute atomic E-state index is 0.261. The van der Waals surface area contributed by atoms with Crippen LogP contribution in [0.1, 0.15) is 20.8 Å². The van der Waals surface area contributed by atoms with E-state index in [-0.39, 0.29) is 5.92 Å². The van der Waals surface area contributed by atoms with Gasteiger partial charge >= 0.3 is 0 Å². The number of hydrogen-bond acceptors (Lipinski definition) is 2. The van der Waals surface area contributed by atoms with Crippen LogP contribution in [0.4, 0.5) is 0 Å². The molecule has 1 heterocycles. The van der Waals surface area contributed by atoms with Crippen molar-refractivity contribution in [3.8, 4) is 6.07 Å². The topological polar surface area (TPSA) is 27.0 Å². The fourth-order valence-corrected chi connectivity index (χ4v) is 1.59. The number of nitrogens with zero attached hydrogens (tertiary/aromatic N) is 2. The molecule has 62 valence electrons. The molecule has 2 nitrogen and oxygen atoms in total. The predicted octanol–water partition coefficient (Wildman–Crippen LogP) is 1.49. The molecule has 0 saturated carbocycles. The van der Waals surface area contributed by atoms with E-state index < -0.39 is 0 Å². The van der Waals surface area contributed by atoms with E-state index in [0.717, 1.165) is 13.1 Å². The highest BCUT2D eigenvalue weighted by atomic mass is 15.2. The largest absolute Gasteiger partial charge is 0.299 e. The van der Waals surface area contributed by atoms with Crippen LogP contribution in [0.25, 0.3) is 0 Å². The molecule has 0 aliphatic carbocycles. The fourth-order valence-electron chi connectivity index (χ4n) is 1.59. The van der Waals surface area contributed by atoms with Crippen LogP contribution in [0.15, 0.2) is 0 Å². The summed E-state index contributed by atoms with van der Waals surface area (Å²) in [6.07, 6.45) is 0. The van der Waals surface area contributed by atoms with Gasteiger partial charge in [-0.1, -0.05) is 6.92 Å². The van der Waals surface area contributed by atoms with Crippen molar-refractivity contribution >= 4 is 0 Å². The minimum atomic E-state index is 0.261. The van der Waals surface area contributed by atoms with Crippen molar-refractivity contribution < 1.29 is 0 Å². The van der Waals surface area contributed by atoms with Crippen LogP contribution in [0, 0.1) is 23.2 Å². The molecule has 0 unspecified atom stereocenters. The zero-order valence-electron chi connectivity index (χ0n) is 7.54.